The number of aliphatic carboxylic acids is 1. The monoisotopic (exact) mass is 509 g/mol. The number of nitro groups is 1. The summed E-state index contributed by atoms with van der Waals surface area (Å²) in [6.07, 6.45) is 1.30. The van der Waals surface area contributed by atoms with Crippen molar-refractivity contribution in [2.75, 3.05) is 14.2 Å². The number of furan rings is 1. The van der Waals surface area contributed by atoms with E-state index in [2.05, 4.69) is 10.2 Å². The lowest BCUT2D eigenvalue weighted by Crippen LogP contribution is -1.96. The SMILES string of the molecule is COc1cc(OC)cc(-c2nnc(S/C(=C\c3ccc(-c4ccc(C)c([N+](=O)[O-])c4)o3)C(=O)O)o2)c1. The number of methoxy groups -OCH3 is 2. The van der Waals surface area contributed by atoms with Crippen LogP contribution in [0.4, 0.5) is 5.69 Å². The van der Waals surface area contributed by atoms with Crippen LogP contribution in [0.15, 0.2) is 67.5 Å². The number of ether oxygens (including phenoxy) is 2. The standard InChI is InChI=1S/C24H19N3O8S/c1-13-4-5-14(10-19(13)27(30)31)20-7-6-16(34-20)12-21(23(28)29)36-24-26-25-22(35-24)15-8-17(32-2)11-18(9-15)33-3/h4-12H,1-3H3,(H,28,29)/b21-12-. The molecule has 36 heavy (non-hydrogen) atoms. The Kier molecular flexibility index (Phi) is 7.06. The molecule has 0 spiro atoms. The van der Waals surface area contributed by atoms with E-state index >= 15 is 0 Å². The second-order valence-corrected chi connectivity index (χ2v) is 8.34. The maximum Gasteiger partial charge on any atom is 0.342 e. The summed E-state index contributed by atoms with van der Waals surface area (Å²) in [5.41, 5.74) is 1.51. The van der Waals surface area contributed by atoms with Crippen molar-refractivity contribution in [3.63, 3.8) is 0 Å². The van der Waals surface area contributed by atoms with Crippen LogP contribution in [0, 0.1) is 17.0 Å². The first kappa shape index (κ1) is 24.5. The minimum atomic E-state index is -1.23. The van der Waals surface area contributed by atoms with Gasteiger partial charge in [-0.15, -0.1) is 10.2 Å². The average molecular weight is 509 g/mol. The molecule has 0 atom stereocenters. The highest BCUT2D eigenvalue weighted by molar-refractivity contribution is 8.03. The van der Waals surface area contributed by atoms with E-state index in [0.29, 0.717) is 33.9 Å². The third-order valence-corrected chi connectivity index (χ3v) is 5.86. The van der Waals surface area contributed by atoms with E-state index in [1.54, 1.807) is 49.4 Å². The zero-order valence-corrected chi connectivity index (χ0v) is 20.1. The second-order valence-electron chi connectivity index (χ2n) is 7.35. The fraction of sp³-hybridized carbons (Fsp3) is 0.125. The van der Waals surface area contributed by atoms with Crippen molar-refractivity contribution in [3.05, 3.63) is 74.9 Å². The summed E-state index contributed by atoms with van der Waals surface area (Å²) in [6, 6.07) is 12.9. The Morgan fingerprint density at radius 3 is 2.39 bits per heavy atom. The first-order chi connectivity index (χ1) is 17.3. The van der Waals surface area contributed by atoms with Crippen LogP contribution in [0.2, 0.25) is 0 Å². The Labute approximate surface area is 208 Å². The zero-order chi connectivity index (χ0) is 25.8. The van der Waals surface area contributed by atoms with E-state index in [1.165, 1.54) is 26.4 Å². The van der Waals surface area contributed by atoms with Crippen molar-refractivity contribution in [2.24, 2.45) is 0 Å². The summed E-state index contributed by atoms with van der Waals surface area (Å²) in [5.74, 6) is 0.555. The van der Waals surface area contributed by atoms with Crippen molar-refractivity contribution in [2.45, 2.75) is 12.1 Å². The molecule has 0 aliphatic rings. The first-order valence-electron chi connectivity index (χ1n) is 10.3. The molecule has 2 aromatic carbocycles. The topological polar surface area (TPSA) is 151 Å². The van der Waals surface area contributed by atoms with Gasteiger partial charge in [0.1, 0.15) is 27.9 Å². The van der Waals surface area contributed by atoms with E-state index in [9.17, 15) is 20.0 Å². The van der Waals surface area contributed by atoms with Gasteiger partial charge in [0, 0.05) is 34.9 Å². The molecule has 0 amide bonds. The molecule has 0 fully saturated rings. The molecule has 2 aromatic heterocycles. The molecule has 12 heteroatoms. The molecule has 4 rings (SSSR count). The molecule has 11 nitrogen and oxygen atoms in total. The minimum Gasteiger partial charge on any atom is -0.497 e. The number of thioether (sulfide) groups is 1. The van der Waals surface area contributed by atoms with Gasteiger partial charge in [-0.3, -0.25) is 10.1 Å². The third kappa shape index (κ3) is 5.39. The second kappa shape index (κ2) is 10.4. The van der Waals surface area contributed by atoms with Crippen molar-refractivity contribution in [1.82, 2.24) is 10.2 Å². The maximum absolute atomic E-state index is 11.9. The maximum atomic E-state index is 11.9. The highest BCUT2D eigenvalue weighted by atomic mass is 32.2. The summed E-state index contributed by atoms with van der Waals surface area (Å²) < 4.78 is 21.8. The molecule has 0 aliphatic heterocycles. The molecule has 184 valence electrons. The van der Waals surface area contributed by atoms with Crippen molar-refractivity contribution < 1.29 is 33.1 Å². The van der Waals surface area contributed by atoms with E-state index in [-0.39, 0.29) is 27.5 Å². The average Bonchev–Trinajstić information content (AvgIpc) is 3.53. The lowest BCUT2D eigenvalue weighted by molar-refractivity contribution is -0.385. The van der Waals surface area contributed by atoms with Crippen LogP contribution in [0.5, 0.6) is 11.5 Å². The van der Waals surface area contributed by atoms with Gasteiger partial charge < -0.3 is 23.4 Å². The number of aromatic nitrogens is 2. The number of hydrogen-bond donors (Lipinski definition) is 1. The van der Waals surface area contributed by atoms with Crippen LogP contribution in [-0.4, -0.2) is 40.4 Å². The van der Waals surface area contributed by atoms with Gasteiger partial charge in [-0.25, -0.2) is 4.79 Å². The number of carboxylic acids is 1. The molecule has 0 saturated carbocycles. The van der Waals surface area contributed by atoms with Crippen LogP contribution in [-0.2, 0) is 4.79 Å². The van der Waals surface area contributed by atoms with Crippen LogP contribution < -0.4 is 9.47 Å². The summed E-state index contributed by atoms with van der Waals surface area (Å²) >= 11 is 0.750. The van der Waals surface area contributed by atoms with Gasteiger partial charge >= 0.3 is 5.97 Å². The molecule has 0 bridgehead atoms. The van der Waals surface area contributed by atoms with Crippen LogP contribution >= 0.6 is 11.8 Å². The number of benzene rings is 2. The van der Waals surface area contributed by atoms with Crippen LogP contribution in [0.25, 0.3) is 28.9 Å². The number of carboxylic acid groups (broad SMARTS) is 1. The van der Waals surface area contributed by atoms with Crippen molar-refractivity contribution in [1.29, 1.82) is 0 Å². The van der Waals surface area contributed by atoms with E-state index < -0.39 is 10.9 Å². The highest BCUT2D eigenvalue weighted by Gasteiger charge is 2.19. The van der Waals surface area contributed by atoms with Crippen LogP contribution in [0.3, 0.4) is 0 Å². The van der Waals surface area contributed by atoms with Gasteiger partial charge in [-0.1, -0.05) is 12.1 Å². The highest BCUT2D eigenvalue weighted by Crippen LogP contribution is 2.34. The molecular formula is C24H19N3O8S. The number of hydrogen-bond acceptors (Lipinski definition) is 10. The van der Waals surface area contributed by atoms with Crippen LogP contribution in [0.1, 0.15) is 11.3 Å². The van der Waals surface area contributed by atoms with Gasteiger partial charge in [0.2, 0.25) is 5.89 Å². The summed E-state index contributed by atoms with van der Waals surface area (Å²) in [6.45, 7) is 1.64. The third-order valence-electron chi connectivity index (χ3n) is 5.00. The van der Waals surface area contributed by atoms with E-state index in [1.807, 2.05) is 0 Å². The lowest BCUT2D eigenvalue weighted by atomic mass is 10.1. The molecular weight excluding hydrogens is 490 g/mol. The van der Waals surface area contributed by atoms with E-state index in [0.717, 1.165) is 11.8 Å². The van der Waals surface area contributed by atoms with Gasteiger partial charge in [0.05, 0.1) is 19.1 Å². The number of nitrogens with zero attached hydrogens (tertiary/aromatic N) is 3. The predicted molar refractivity (Wildman–Crippen MR) is 130 cm³/mol. The van der Waals surface area contributed by atoms with Gasteiger partial charge in [-0.2, -0.15) is 0 Å². The number of nitro benzene ring substituents is 1. The molecule has 0 radical (unpaired) electrons. The molecule has 0 aliphatic carbocycles. The number of rotatable bonds is 9. The first-order valence-corrected chi connectivity index (χ1v) is 11.1. The molecule has 4 aromatic rings. The zero-order valence-electron chi connectivity index (χ0n) is 19.3. The van der Waals surface area contributed by atoms with Crippen molar-refractivity contribution >= 4 is 29.5 Å². The lowest BCUT2D eigenvalue weighted by Gasteiger charge is -2.05. The molecule has 0 unspecified atom stereocenters. The molecule has 0 saturated heterocycles. The predicted octanol–water partition coefficient (Wildman–Crippen LogP) is 5.45. The largest absolute Gasteiger partial charge is 0.497 e. The Morgan fingerprint density at radius 1 is 1.03 bits per heavy atom. The quantitative estimate of drug-likeness (QED) is 0.133. The van der Waals surface area contributed by atoms with E-state index in [4.69, 9.17) is 18.3 Å². The number of carbonyl (C=O) groups is 1. The Balaban J connectivity index is 1.58. The van der Waals surface area contributed by atoms with Crippen molar-refractivity contribution in [3.8, 4) is 34.3 Å². The number of aryl methyl sites for hydroxylation is 1. The smallest absolute Gasteiger partial charge is 0.342 e. The Morgan fingerprint density at radius 2 is 1.75 bits per heavy atom. The Hall–Kier alpha value is -4.58. The normalized spacial score (nSPS) is 11.4. The molecule has 1 N–H and O–H groups in total. The van der Waals surface area contributed by atoms with Gasteiger partial charge in [0.15, 0.2) is 0 Å². The van der Waals surface area contributed by atoms with Gasteiger partial charge in [0.25, 0.3) is 10.9 Å². The fourth-order valence-electron chi connectivity index (χ4n) is 3.20. The summed E-state index contributed by atoms with van der Waals surface area (Å²) in [5, 5.41) is 28.8. The summed E-state index contributed by atoms with van der Waals surface area (Å²) in [4.78, 5) is 22.5. The molecule has 2 heterocycles. The Bertz CT molecular complexity index is 1450. The van der Waals surface area contributed by atoms with Gasteiger partial charge in [-0.05, 0) is 43.0 Å². The summed E-state index contributed by atoms with van der Waals surface area (Å²) in [7, 11) is 3.02. The minimum absolute atomic E-state index is 0.00127. The fourth-order valence-corrected chi connectivity index (χ4v) is 3.85.